The van der Waals surface area contributed by atoms with Crippen LogP contribution < -0.4 is 5.32 Å². The van der Waals surface area contributed by atoms with Crippen molar-refractivity contribution in [3.63, 3.8) is 0 Å². The molecule has 1 aliphatic rings. The topological polar surface area (TPSA) is 15.3 Å². The molecule has 1 atom stereocenters. The van der Waals surface area contributed by atoms with Gasteiger partial charge in [0.05, 0.1) is 3.79 Å². The molecule has 0 amide bonds. The van der Waals surface area contributed by atoms with Crippen LogP contribution in [0.5, 0.6) is 0 Å². The first-order valence-corrected chi connectivity index (χ1v) is 8.69. The number of thiophene rings is 1. The standard InChI is InChI=1S/C16H19BrN2S/c17-16-8-14(12-20-16)9-18-15-6-7-19(11-15)10-13-4-2-1-3-5-13/h1-5,8,12,15,18H,6-7,9-11H2. The molecule has 4 heteroatoms. The summed E-state index contributed by atoms with van der Waals surface area (Å²) >= 11 is 5.27. The van der Waals surface area contributed by atoms with E-state index < -0.39 is 0 Å². The molecule has 0 saturated carbocycles. The molecule has 1 aromatic heterocycles. The zero-order valence-corrected chi connectivity index (χ0v) is 13.8. The first-order chi connectivity index (χ1) is 9.79. The highest BCUT2D eigenvalue weighted by molar-refractivity contribution is 9.11. The summed E-state index contributed by atoms with van der Waals surface area (Å²) in [6, 6.07) is 13.6. The van der Waals surface area contributed by atoms with Crippen molar-refractivity contribution >= 4 is 27.3 Å². The van der Waals surface area contributed by atoms with E-state index in [4.69, 9.17) is 0 Å². The molecule has 0 radical (unpaired) electrons. The molecule has 1 unspecified atom stereocenters. The molecule has 2 heterocycles. The Morgan fingerprint density at radius 3 is 2.85 bits per heavy atom. The van der Waals surface area contributed by atoms with Gasteiger partial charge < -0.3 is 5.32 Å². The molecule has 0 aliphatic carbocycles. The molecule has 1 aromatic carbocycles. The molecule has 1 fully saturated rings. The normalized spacial score (nSPS) is 19.6. The highest BCUT2D eigenvalue weighted by Gasteiger charge is 2.21. The van der Waals surface area contributed by atoms with E-state index in [1.807, 2.05) is 0 Å². The van der Waals surface area contributed by atoms with Gasteiger partial charge in [0.25, 0.3) is 0 Å². The van der Waals surface area contributed by atoms with Crippen LogP contribution in [0.25, 0.3) is 0 Å². The molecule has 0 spiro atoms. The number of halogens is 1. The van der Waals surface area contributed by atoms with Gasteiger partial charge in [0.1, 0.15) is 0 Å². The number of hydrogen-bond acceptors (Lipinski definition) is 3. The molecule has 1 N–H and O–H groups in total. The second-order valence-corrected chi connectivity index (χ2v) is 7.64. The third-order valence-electron chi connectivity index (χ3n) is 3.74. The molecule has 1 saturated heterocycles. The highest BCUT2D eigenvalue weighted by Crippen LogP contribution is 2.21. The van der Waals surface area contributed by atoms with Crippen LogP contribution in [0.15, 0.2) is 45.6 Å². The van der Waals surface area contributed by atoms with E-state index in [1.165, 1.54) is 27.9 Å². The summed E-state index contributed by atoms with van der Waals surface area (Å²) in [5.41, 5.74) is 2.79. The van der Waals surface area contributed by atoms with Gasteiger partial charge in [0.2, 0.25) is 0 Å². The second kappa shape index (κ2) is 6.85. The van der Waals surface area contributed by atoms with Crippen LogP contribution in [0.3, 0.4) is 0 Å². The highest BCUT2D eigenvalue weighted by atomic mass is 79.9. The maximum absolute atomic E-state index is 3.67. The number of rotatable bonds is 5. The van der Waals surface area contributed by atoms with Crippen molar-refractivity contribution in [1.29, 1.82) is 0 Å². The smallest absolute Gasteiger partial charge is 0.0701 e. The lowest BCUT2D eigenvalue weighted by molar-refractivity contribution is 0.320. The zero-order chi connectivity index (χ0) is 13.8. The summed E-state index contributed by atoms with van der Waals surface area (Å²) in [4.78, 5) is 2.54. The lowest BCUT2D eigenvalue weighted by Gasteiger charge is -2.16. The van der Waals surface area contributed by atoms with E-state index in [2.05, 4.69) is 67.9 Å². The fourth-order valence-corrected chi connectivity index (χ4v) is 3.89. The van der Waals surface area contributed by atoms with E-state index in [1.54, 1.807) is 11.3 Å². The maximum atomic E-state index is 3.67. The largest absolute Gasteiger partial charge is 0.309 e. The first kappa shape index (κ1) is 14.3. The number of nitrogens with zero attached hydrogens (tertiary/aromatic N) is 1. The lowest BCUT2D eigenvalue weighted by Crippen LogP contribution is -2.31. The average Bonchev–Trinajstić information content (AvgIpc) is 3.07. The van der Waals surface area contributed by atoms with Crippen LogP contribution in [0, 0.1) is 0 Å². The van der Waals surface area contributed by atoms with Gasteiger partial charge in [0.15, 0.2) is 0 Å². The van der Waals surface area contributed by atoms with Crippen LogP contribution in [0.4, 0.5) is 0 Å². The van der Waals surface area contributed by atoms with E-state index in [-0.39, 0.29) is 0 Å². The van der Waals surface area contributed by atoms with E-state index in [0.29, 0.717) is 6.04 Å². The van der Waals surface area contributed by atoms with Gasteiger partial charge in [-0.1, -0.05) is 30.3 Å². The van der Waals surface area contributed by atoms with Gasteiger partial charge in [-0.25, -0.2) is 0 Å². The molecule has 2 nitrogen and oxygen atoms in total. The molecule has 0 bridgehead atoms. The summed E-state index contributed by atoms with van der Waals surface area (Å²) < 4.78 is 1.21. The predicted octanol–water partition coefficient (Wildman–Crippen LogP) is 3.87. The Morgan fingerprint density at radius 2 is 2.10 bits per heavy atom. The van der Waals surface area contributed by atoms with Crippen molar-refractivity contribution in [3.05, 3.63) is 56.7 Å². The van der Waals surface area contributed by atoms with Crippen molar-refractivity contribution in [2.75, 3.05) is 13.1 Å². The van der Waals surface area contributed by atoms with Gasteiger partial charge >= 0.3 is 0 Å². The van der Waals surface area contributed by atoms with Gasteiger partial charge in [-0.05, 0) is 44.9 Å². The van der Waals surface area contributed by atoms with Gasteiger partial charge in [-0.2, -0.15) is 0 Å². The Kier molecular flexibility index (Phi) is 4.89. The van der Waals surface area contributed by atoms with Crippen LogP contribution in [-0.4, -0.2) is 24.0 Å². The van der Waals surface area contributed by atoms with Crippen molar-refractivity contribution in [3.8, 4) is 0 Å². The molecular formula is C16H19BrN2S. The average molecular weight is 351 g/mol. The van der Waals surface area contributed by atoms with Crippen molar-refractivity contribution < 1.29 is 0 Å². The number of hydrogen-bond donors (Lipinski definition) is 1. The Labute approximate surface area is 132 Å². The minimum Gasteiger partial charge on any atom is -0.309 e. The SMILES string of the molecule is Brc1cc(CNC2CCN(Cc3ccccc3)C2)cs1. The van der Waals surface area contributed by atoms with E-state index >= 15 is 0 Å². The third kappa shape index (κ3) is 3.92. The Balaban J connectivity index is 1.45. The van der Waals surface area contributed by atoms with Crippen LogP contribution in [0.2, 0.25) is 0 Å². The molecule has 1 aliphatic heterocycles. The van der Waals surface area contributed by atoms with Crippen LogP contribution >= 0.6 is 27.3 Å². The molecule has 106 valence electrons. The second-order valence-electron chi connectivity index (χ2n) is 5.35. The molecule has 2 aromatic rings. The quantitative estimate of drug-likeness (QED) is 0.880. The Morgan fingerprint density at radius 1 is 1.25 bits per heavy atom. The minimum absolute atomic E-state index is 0.623. The van der Waals surface area contributed by atoms with E-state index in [9.17, 15) is 0 Å². The van der Waals surface area contributed by atoms with Gasteiger partial charge in [-0.3, -0.25) is 4.90 Å². The van der Waals surface area contributed by atoms with Crippen molar-refractivity contribution in [2.45, 2.75) is 25.6 Å². The third-order valence-corrected chi connectivity index (χ3v) is 5.29. The van der Waals surface area contributed by atoms with Crippen LogP contribution in [-0.2, 0) is 13.1 Å². The lowest BCUT2D eigenvalue weighted by atomic mass is 10.2. The zero-order valence-electron chi connectivity index (χ0n) is 11.4. The molecule has 3 rings (SSSR count). The fourth-order valence-electron chi connectivity index (χ4n) is 2.69. The van der Waals surface area contributed by atoms with Crippen LogP contribution in [0.1, 0.15) is 17.5 Å². The maximum Gasteiger partial charge on any atom is 0.0701 e. The summed E-state index contributed by atoms with van der Waals surface area (Å²) in [6.45, 7) is 4.40. The first-order valence-electron chi connectivity index (χ1n) is 7.02. The monoisotopic (exact) mass is 350 g/mol. The summed E-state index contributed by atoms with van der Waals surface area (Å²) in [7, 11) is 0. The molecular weight excluding hydrogens is 332 g/mol. The Bertz CT molecular complexity index is 540. The number of benzene rings is 1. The molecule has 20 heavy (non-hydrogen) atoms. The van der Waals surface area contributed by atoms with Gasteiger partial charge in [-0.15, -0.1) is 11.3 Å². The predicted molar refractivity (Wildman–Crippen MR) is 89.0 cm³/mol. The number of likely N-dealkylation sites (tertiary alicyclic amines) is 1. The number of nitrogens with one attached hydrogen (secondary N) is 1. The summed E-state index contributed by atoms with van der Waals surface area (Å²) in [5, 5.41) is 5.89. The van der Waals surface area contributed by atoms with Gasteiger partial charge in [0, 0.05) is 32.2 Å². The van der Waals surface area contributed by atoms with Crippen molar-refractivity contribution in [2.24, 2.45) is 0 Å². The summed E-state index contributed by atoms with van der Waals surface area (Å²) in [5.74, 6) is 0. The summed E-state index contributed by atoms with van der Waals surface area (Å²) in [6.07, 6.45) is 1.25. The fraction of sp³-hybridized carbons (Fsp3) is 0.375. The van der Waals surface area contributed by atoms with E-state index in [0.717, 1.165) is 19.6 Å². The van der Waals surface area contributed by atoms with Crippen molar-refractivity contribution in [1.82, 2.24) is 10.2 Å². The Hall–Kier alpha value is -0.680. The minimum atomic E-state index is 0.623.